The Morgan fingerprint density at radius 1 is 1.12 bits per heavy atom. The Balaban J connectivity index is 1.67. The molecule has 0 spiro atoms. The van der Waals surface area contributed by atoms with Gasteiger partial charge in [-0.1, -0.05) is 42.4 Å². The quantitative estimate of drug-likeness (QED) is 0.705. The van der Waals surface area contributed by atoms with Crippen molar-refractivity contribution < 1.29 is 18.1 Å². The molecule has 26 heavy (non-hydrogen) atoms. The molecule has 4 nitrogen and oxygen atoms in total. The standard InChI is InChI=1S/C20H18F2N2O2/c1-2-13(14-6-4-3-5-7-14)12-23-20(25)18-11-19(26-24-18)15-8-9-16(21)17(22)10-15/h3-11,13H,2,12H2,1H3,(H,23,25)/t13-/m1/s1. The van der Waals surface area contributed by atoms with Gasteiger partial charge in [0.15, 0.2) is 23.1 Å². The Labute approximate surface area is 149 Å². The molecule has 1 N–H and O–H groups in total. The summed E-state index contributed by atoms with van der Waals surface area (Å²) in [6.07, 6.45) is 0.878. The van der Waals surface area contributed by atoms with Gasteiger partial charge in [-0.05, 0) is 30.2 Å². The summed E-state index contributed by atoms with van der Waals surface area (Å²) in [5.41, 5.74) is 1.55. The lowest BCUT2D eigenvalue weighted by molar-refractivity contribution is 0.0942. The van der Waals surface area contributed by atoms with Gasteiger partial charge in [0.05, 0.1) is 0 Å². The number of hydrogen-bond donors (Lipinski definition) is 1. The van der Waals surface area contributed by atoms with Crippen LogP contribution in [-0.4, -0.2) is 17.6 Å². The number of nitrogens with zero attached hydrogens (tertiary/aromatic N) is 1. The summed E-state index contributed by atoms with van der Waals surface area (Å²) in [6, 6.07) is 14.7. The molecule has 1 amide bonds. The third kappa shape index (κ3) is 3.96. The molecule has 0 aliphatic carbocycles. The lowest BCUT2D eigenvalue weighted by Gasteiger charge is -2.15. The summed E-state index contributed by atoms with van der Waals surface area (Å²) in [6.45, 7) is 2.52. The van der Waals surface area contributed by atoms with E-state index >= 15 is 0 Å². The van der Waals surface area contributed by atoms with Crippen LogP contribution in [0.4, 0.5) is 8.78 Å². The van der Waals surface area contributed by atoms with Crippen molar-refractivity contribution in [2.24, 2.45) is 0 Å². The first-order valence-electron chi connectivity index (χ1n) is 8.33. The van der Waals surface area contributed by atoms with Gasteiger partial charge in [0.1, 0.15) is 0 Å². The topological polar surface area (TPSA) is 55.1 Å². The van der Waals surface area contributed by atoms with Gasteiger partial charge >= 0.3 is 0 Å². The van der Waals surface area contributed by atoms with Crippen molar-refractivity contribution in [3.63, 3.8) is 0 Å². The Hall–Kier alpha value is -3.02. The molecule has 0 saturated heterocycles. The first-order chi connectivity index (χ1) is 12.6. The first-order valence-corrected chi connectivity index (χ1v) is 8.33. The summed E-state index contributed by atoms with van der Waals surface area (Å²) < 4.78 is 31.4. The summed E-state index contributed by atoms with van der Waals surface area (Å²) in [7, 11) is 0. The molecule has 0 aliphatic heterocycles. The van der Waals surface area contributed by atoms with Crippen LogP contribution in [0.2, 0.25) is 0 Å². The Kier molecular flexibility index (Phi) is 5.41. The fourth-order valence-corrected chi connectivity index (χ4v) is 2.70. The van der Waals surface area contributed by atoms with Crippen molar-refractivity contribution in [3.8, 4) is 11.3 Å². The van der Waals surface area contributed by atoms with Crippen LogP contribution in [0.3, 0.4) is 0 Å². The average molecular weight is 356 g/mol. The van der Waals surface area contributed by atoms with E-state index in [2.05, 4.69) is 17.4 Å². The number of amides is 1. The van der Waals surface area contributed by atoms with Gasteiger partial charge in [-0.15, -0.1) is 0 Å². The molecule has 0 fully saturated rings. The minimum atomic E-state index is -0.987. The molecule has 0 saturated carbocycles. The van der Waals surface area contributed by atoms with Crippen LogP contribution in [0, 0.1) is 11.6 Å². The van der Waals surface area contributed by atoms with Gasteiger partial charge in [0, 0.05) is 24.1 Å². The molecule has 0 aliphatic rings. The smallest absolute Gasteiger partial charge is 0.273 e. The molecule has 134 valence electrons. The van der Waals surface area contributed by atoms with E-state index < -0.39 is 11.6 Å². The highest BCUT2D eigenvalue weighted by atomic mass is 19.2. The molecule has 1 atom stereocenters. The first kappa shape index (κ1) is 17.8. The zero-order chi connectivity index (χ0) is 18.5. The predicted octanol–water partition coefficient (Wildman–Crippen LogP) is 4.54. The van der Waals surface area contributed by atoms with Crippen LogP contribution in [-0.2, 0) is 0 Å². The van der Waals surface area contributed by atoms with Crippen LogP contribution in [0.15, 0.2) is 59.1 Å². The summed E-state index contributed by atoms with van der Waals surface area (Å²) in [5, 5.41) is 6.56. The number of rotatable bonds is 6. The highest BCUT2D eigenvalue weighted by molar-refractivity contribution is 5.93. The van der Waals surface area contributed by atoms with Crippen molar-refractivity contribution in [2.45, 2.75) is 19.3 Å². The van der Waals surface area contributed by atoms with E-state index in [0.717, 1.165) is 24.1 Å². The molecule has 3 aromatic rings. The van der Waals surface area contributed by atoms with Crippen molar-refractivity contribution in [1.82, 2.24) is 10.5 Å². The third-order valence-electron chi connectivity index (χ3n) is 4.22. The van der Waals surface area contributed by atoms with Gasteiger partial charge in [-0.2, -0.15) is 0 Å². The second-order valence-electron chi connectivity index (χ2n) is 5.93. The van der Waals surface area contributed by atoms with Gasteiger partial charge in [0.25, 0.3) is 5.91 Å². The van der Waals surface area contributed by atoms with Crippen molar-refractivity contribution in [1.29, 1.82) is 0 Å². The minimum Gasteiger partial charge on any atom is -0.355 e. The van der Waals surface area contributed by atoms with Gasteiger partial charge in [-0.25, -0.2) is 8.78 Å². The Morgan fingerprint density at radius 3 is 2.58 bits per heavy atom. The van der Waals surface area contributed by atoms with E-state index in [9.17, 15) is 13.6 Å². The molecule has 0 unspecified atom stereocenters. The zero-order valence-corrected chi connectivity index (χ0v) is 14.2. The molecule has 1 heterocycles. The van der Waals surface area contributed by atoms with E-state index in [0.29, 0.717) is 12.1 Å². The molecule has 6 heteroatoms. The maximum atomic E-state index is 13.3. The minimum absolute atomic E-state index is 0.0904. The van der Waals surface area contributed by atoms with Gasteiger partial charge < -0.3 is 9.84 Å². The number of halogens is 2. The van der Waals surface area contributed by atoms with E-state index in [-0.39, 0.29) is 23.3 Å². The van der Waals surface area contributed by atoms with Crippen LogP contribution in [0.1, 0.15) is 35.3 Å². The van der Waals surface area contributed by atoms with Crippen LogP contribution in [0.25, 0.3) is 11.3 Å². The number of benzene rings is 2. The second kappa shape index (κ2) is 7.91. The molecule has 0 bridgehead atoms. The molecule has 3 rings (SSSR count). The van der Waals surface area contributed by atoms with E-state index in [1.165, 1.54) is 12.1 Å². The van der Waals surface area contributed by atoms with Gasteiger partial charge in [0.2, 0.25) is 0 Å². The maximum absolute atomic E-state index is 13.3. The number of hydrogen-bond acceptors (Lipinski definition) is 3. The third-order valence-corrected chi connectivity index (χ3v) is 4.22. The number of carbonyl (C=O) groups excluding carboxylic acids is 1. The second-order valence-corrected chi connectivity index (χ2v) is 5.93. The zero-order valence-electron chi connectivity index (χ0n) is 14.2. The largest absolute Gasteiger partial charge is 0.355 e. The fraction of sp³-hybridized carbons (Fsp3) is 0.200. The SMILES string of the molecule is CC[C@H](CNC(=O)c1cc(-c2ccc(F)c(F)c2)on1)c1ccccc1. The summed E-state index contributed by atoms with van der Waals surface area (Å²) in [4.78, 5) is 12.3. The number of aromatic nitrogens is 1. The van der Waals surface area contributed by atoms with Crippen LogP contribution < -0.4 is 5.32 Å². The van der Waals surface area contributed by atoms with Crippen molar-refractivity contribution in [3.05, 3.63) is 77.5 Å². The van der Waals surface area contributed by atoms with E-state index in [1.807, 2.05) is 30.3 Å². The predicted molar refractivity (Wildman–Crippen MR) is 93.7 cm³/mol. The Bertz CT molecular complexity index is 894. The molecular weight excluding hydrogens is 338 g/mol. The molecular formula is C20H18F2N2O2. The monoisotopic (exact) mass is 356 g/mol. The number of nitrogens with one attached hydrogen (secondary N) is 1. The van der Waals surface area contributed by atoms with E-state index in [1.54, 1.807) is 0 Å². The molecule has 2 aromatic carbocycles. The number of carbonyl (C=O) groups is 1. The highest BCUT2D eigenvalue weighted by Crippen LogP contribution is 2.23. The molecule has 1 aromatic heterocycles. The fourth-order valence-electron chi connectivity index (χ4n) is 2.70. The van der Waals surface area contributed by atoms with Crippen LogP contribution >= 0.6 is 0 Å². The summed E-state index contributed by atoms with van der Waals surface area (Å²) in [5.74, 6) is -1.92. The molecule has 0 radical (unpaired) electrons. The van der Waals surface area contributed by atoms with Crippen molar-refractivity contribution in [2.75, 3.05) is 6.54 Å². The van der Waals surface area contributed by atoms with Crippen molar-refractivity contribution >= 4 is 5.91 Å². The Morgan fingerprint density at radius 2 is 1.88 bits per heavy atom. The van der Waals surface area contributed by atoms with Crippen LogP contribution in [0.5, 0.6) is 0 Å². The van der Waals surface area contributed by atoms with E-state index in [4.69, 9.17) is 4.52 Å². The lowest BCUT2D eigenvalue weighted by Crippen LogP contribution is -2.28. The highest BCUT2D eigenvalue weighted by Gasteiger charge is 2.17. The lowest BCUT2D eigenvalue weighted by atomic mass is 9.96. The maximum Gasteiger partial charge on any atom is 0.273 e. The normalized spacial score (nSPS) is 12.0. The van der Waals surface area contributed by atoms with Gasteiger partial charge in [-0.3, -0.25) is 4.79 Å². The summed E-state index contributed by atoms with van der Waals surface area (Å²) >= 11 is 0. The average Bonchev–Trinajstić information content (AvgIpc) is 3.15.